The van der Waals surface area contributed by atoms with Crippen molar-refractivity contribution in [3.63, 3.8) is 0 Å². The van der Waals surface area contributed by atoms with Crippen molar-refractivity contribution in [1.82, 2.24) is 4.98 Å². The second kappa shape index (κ2) is 6.19. The summed E-state index contributed by atoms with van der Waals surface area (Å²) in [6, 6.07) is 5.59. The van der Waals surface area contributed by atoms with Crippen LogP contribution in [0.15, 0.2) is 18.2 Å². The van der Waals surface area contributed by atoms with Crippen LogP contribution in [0.3, 0.4) is 0 Å². The van der Waals surface area contributed by atoms with Gasteiger partial charge in [0, 0.05) is 6.07 Å². The molecule has 0 radical (unpaired) electrons. The highest BCUT2D eigenvalue weighted by molar-refractivity contribution is 5.17. The molecule has 1 aliphatic carbocycles. The maximum absolute atomic E-state index is 10.4. The monoisotopic (exact) mass is 249 g/mol. The highest BCUT2D eigenvalue weighted by atomic mass is 16.5. The molecule has 1 atom stereocenters. The van der Waals surface area contributed by atoms with E-state index in [1.54, 1.807) is 7.11 Å². The fourth-order valence-electron chi connectivity index (χ4n) is 2.86. The van der Waals surface area contributed by atoms with Crippen molar-refractivity contribution in [2.45, 2.75) is 45.1 Å². The van der Waals surface area contributed by atoms with Gasteiger partial charge in [-0.3, -0.25) is 0 Å². The Bertz CT molecular complexity index is 373. The van der Waals surface area contributed by atoms with Crippen LogP contribution in [0.4, 0.5) is 0 Å². The summed E-state index contributed by atoms with van der Waals surface area (Å²) in [5.74, 6) is 1.79. The van der Waals surface area contributed by atoms with Crippen molar-refractivity contribution >= 4 is 0 Å². The first kappa shape index (κ1) is 13.3. The molecule has 1 saturated carbocycles. The van der Waals surface area contributed by atoms with Crippen LogP contribution < -0.4 is 4.74 Å². The number of ether oxygens (including phenoxy) is 1. The van der Waals surface area contributed by atoms with Gasteiger partial charge in [0.25, 0.3) is 0 Å². The average Bonchev–Trinajstić information content (AvgIpc) is 2.46. The number of pyridine rings is 1. The summed E-state index contributed by atoms with van der Waals surface area (Å²) in [6.45, 7) is 2.25. The SMILES string of the molecule is CCC1CCC(C(O)c2cccc(OC)n2)CC1. The third kappa shape index (κ3) is 3.02. The van der Waals surface area contributed by atoms with E-state index in [9.17, 15) is 5.11 Å². The molecule has 0 aromatic carbocycles. The lowest BCUT2D eigenvalue weighted by Crippen LogP contribution is -2.21. The molecule has 0 spiro atoms. The van der Waals surface area contributed by atoms with Crippen LogP contribution >= 0.6 is 0 Å². The summed E-state index contributed by atoms with van der Waals surface area (Å²) in [7, 11) is 1.60. The quantitative estimate of drug-likeness (QED) is 0.890. The first-order valence-corrected chi connectivity index (χ1v) is 6.93. The van der Waals surface area contributed by atoms with Gasteiger partial charge in [-0.15, -0.1) is 0 Å². The molecule has 0 aliphatic heterocycles. The van der Waals surface area contributed by atoms with Gasteiger partial charge in [0.15, 0.2) is 0 Å². The van der Waals surface area contributed by atoms with Gasteiger partial charge in [-0.25, -0.2) is 4.98 Å². The van der Waals surface area contributed by atoms with Crippen molar-refractivity contribution in [2.24, 2.45) is 11.8 Å². The molecule has 1 heterocycles. The van der Waals surface area contributed by atoms with Gasteiger partial charge in [0.1, 0.15) is 0 Å². The number of aliphatic hydroxyl groups excluding tert-OH is 1. The minimum atomic E-state index is -0.446. The Labute approximate surface area is 109 Å². The van der Waals surface area contributed by atoms with Gasteiger partial charge in [-0.2, -0.15) is 0 Å². The van der Waals surface area contributed by atoms with Crippen molar-refractivity contribution in [3.05, 3.63) is 23.9 Å². The Morgan fingerprint density at radius 3 is 2.67 bits per heavy atom. The second-order valence-corrected chi connectivity index (χ2v) is 5.24. The maximum atomic E-state index is 10.4. The van der Waals surface area contributed by atoms with E-state index in [2.05, 4.69) is 11.9 Å². The van der Waals surface area contributed by atoms with E-state index >= 15 is 0 Å². The molecule has 1 aliphatic rings. The van der Waals surface area contributed by atoms with E-state index in [1.807, 2.05) is 18.2 Å². The number of aliphatic hydroxyl groups is 1. The lowest BCUT2D eigenvalue weighted by Gasteiger charge is -2.30. The van der Waals surface area contributed by atoms with Crippen LogP contribution in [-0.4, -0.2) is 17.2 Å². The topological polar surface area (TPSA) is 42.4 Å². The molecule has 1 unspecified atom stereocenters. The largest absolute Gasteiger partial charge is 0.481 e. The predicted octanol–water partition coefficient (Wildman–Crippen LogP) is 3.34. The predicted molar refractivity (Wildman–Crippen MR) is 71.5 cm³/mol. The Morgan fingerprint density at radius 2 is 2.06 bits per heavy atom. The normalized spacial score (nSPS) is 25.7. The molecule has 3 heteroatoms. The van der Waals surface area contributed by atoms with Crippen LogP contribution in [-0.2, 0) is 0 Å². The zero-order valence-electron chi connectivity index (χ0n) is 11.3. The molecule has 1 fully saturated rings. The first-order chi connectivity index (χ1) is 8.74. The van der Waals surface area contributed by atoms with Crippen LogP contribution in [0.5, 0.6) is 5.88 Å². The first-order valence-electron chi connectivity index (χ1n) is 6.93. The van der Waals surface area contributed by atoms with Gasteiger partial charge in [0.2, 0.25) is 5.88 Å². The van der Waals surface area contributed by atoms with Crippen LogP contribution in [0.25, 0.3) is 0 Å². The molecule has 1 N–H and O–H groups in total. The fourth-order valence-corrected chi connectivity index (χ4v) is 2.86. The minimum Gasteiger partial charge on any atom is -0.481 e. The number of nitrogens with zero attached hydrogens (tertiary/aromatic N) is 1. The molecule has 0 amide bonds. The molecule has 1 aromatic rings. The number of hydrogen-bond donors (Lipinski definition) is 1. The molecule has 0 bridgehead atoms. The van der Waals surface area contributed by atoms with Crippen molar-refractivity contribution < 1.29 is 9.84 Å². The van der Waals surface area contributed by atoms with E-state index in [0.717, 1.165) is 24.5 Å². The third-order valence-electron chi connectivity index (χ3n) is 4.17. The lowest BCUT2D eigenvalue weighted by atomic mass is 9.78. The Balaban J connectivity index is 2.00. The number of hydrogen-bond acceptors (Lipinski definition) is 3. The second-order valence-electron chi connectivity index (χ2n) is 5.24. The molecule has 2 rings (SSSR count). The Hall–Kier alpha value is -1.09. The summed E-state index contributed by atoms with van der Waals surface area (Å²) < 4.78 is 5.10. The summed E-state index contributed by atoms with van der Waals surface area (Å²) in [5, 5.41) is 10.4. The van der Waals surface area contributed by atoms with E-state index < -0.39 is 6.10 Å². The van der Waals surface area contributed by atoms with Gasteiger partial charge in [0.05, 0.1) is 18.9 Å². The minimum absolute atomic E-state index is 0.354. The zero-order valence-corrected chi connectivity index (χ0v) is 11.3. The van der Waals surface area contributed by atoms with Gasteiger partial charge in [-0.1, -0.05) is 32.3 Å². The number of methoxy groups -OCH3 is 1. The molecule has 1 aromatic heterocycles. The highest BCUT2D eigenvalue weighted by Gasteiger charge is 2.27. The number of aromatic nitrogens is 1. The van der Waals surface area contributed by atoms with Crippen LogP contribution in [0, 0.1) is 11.8 Å². The van der Waals surface area contributed by atoms with E-state index in [1.165, 1.54) is 19.3 Å². The summed E-state index contributed by atoms with van der Waals surface area (Å²) in [6.07, 6.45) is 5.51. The van der Waals surface area contributed by atoms with E-state index in [-0.39, 0.29) is 0 Å². The summed E-state index contributed by atoms with van der Waals surface area (Å²) >= 11 is 0. The molecule has 18 heavy (non-hydrogen) atoms. The Kier molecular flexibility index (Phi) is 4.59. The smallest absolute Gasteiger partial charge is 0.213 e. The maximum Gasteiger partial charge on any atom is 0.213 e. The Morgan fingerprint density at radius 1 is 1.33 bits per heavy atom. The average molecular weight is 249 g/mol. The zero-order chi connectivity index (χ0) is 13.0. The van der Waals surface area contributed by atoms with E-state index in [0.29, 0.717) is 11.8 Å². The third-order valence-corrected chi connectivity index (χ3v) is 4.17. The summed E-state index contributed by atoms with van der Waals surface area (Å²) in [5.41, 5.74) is 0.745. The van der Waals surface area contributed by atoms with Gasteiger partial charge < -0.3 is 9.84 Å². The molecular weight excluding hydrogens is 226 g/mol. The van der Waals surface area contributed by atoms with Crippen molar-refractivity contribution in [2.75, 3.05) is 7.11 Å². The standard InChI is InChI=1S/C15H23NO2/c1-3-11-7-9-12(10-8-11)15(17)13-5-4-6-14(16-13)18-2/h4-6,11-12,15,17H,3,7-10H2,1-2H3. The van der Waals surface area contributed by atoms with Crippen LogP contribution in [0.2, 0.25) is 0 Å². The van der Waals surface area contributed by atoms with Crippen molar-refractivity contribution in [3.8, 4) is 5.88 Å². The molecular formula is C15H23NO2. The molecule has 100 valence electrons. The van der Waals surface area contributed by atoms with E-state index in [4.69, 9.17) is 4.74 Å². The van der Waals surface area contributed by atoms with Crippen LogP contribution in [0.1, 0.15) is 50.8 Å². The molecule has 3 nitrogen and oxygen atoms in total. The van der Waals surface area contributed by atoms with Gasteiger partial charge >= 0.3 is 0 Å². The van der Waals surface area contributed by atoms with Crippen molar-refractivity contribution in [1.29, 1.82) is 0 Å². The summed E-state index contributed by atoms with van der Waals surface area (Å²) in [4.78, 5) is 4.33. The number of rotatable bonds is 4. The van der Waals surface area contributed by atoms with Gasteiger partial charge in [-0.05, 0) is 30.7 Å². The fraction of sp³-hybridized carbons (Fsp3) is 0.667. The highest BCUT2D eigenvalue weighted by Crippen LogP contribution is 2.37. The molecule has 0 saturated heterocycles. The lowest BCUT2D eigenvalue weighted by molar-refractivity contribution is 0.0691.